The van der Waals surface area contributed by atoms with Crippen LogP contribution in [-0.4, -0.2) is 233 Å². The number of hydrogen-bond donors (Lipinski definition) is 29. The Hall–Kier alpha value is -8.30. The smallest absolute Gasteiger partial charge is 0.322 e. The summed E-state index contributed by atoms with van der Waals surface area (Å²) in [4.78, 5) is 108. The number of phenolic OH excluding ortho intramolecular Hbond substituents is 1. The summed E-state index contributed by atoms with van der Waals surface area (Å²) in [6.07, 6.45) is 8.80. The summed E-state index contributed by atoms with van der Waals surface area (Å²) in [5.74, 6) is -9.63. The minimum atomic E-state index is -1.18. The molecule has 41 nitrogen and oxygen atoms in total. The van der Waals surface area contributed by atoms with E-state index in [-0.39, 0.29) is 36.9 Å². The van der Waals surface area contributed by atoms with Gasteiger partial charge in [0.05, 0.1) is 13.2 Å². The summed E-state index contributed by atoms with van der Waals surface area (Å²) < 4.78 is 0. The van der Waals surface area contributed by atoms with Crippen molar-refractivity contribution in [3.8, 4) is 5.75 Å². The number of guanidine groups is 2. The normalized spacial score (nSPS) is 12.7. The standard InChI is InChI=1S/C9H11NO3.2C6H14N4O2.3C6H14N2O2.C5H10N2O3.2C3H7NO3/c10-8(9(12)13)5-6-1-3-7(11)4-2-6;2*7-4(5(11)12)2-1-3-10-6(8)9;3*7-4-2-1-3-5(8)6(9)10;6-3(5(9)10)1-2-4(7)8;2*4-2(1-5)3(6)7/h1-4,8,11H,5,10H2,(H,12,13);2*4H,1-3,7H2,(H,11,12)(H4,8,9,10);3*5H,1-4,7-8H2,(H,9,10);3H,1-2,6H2,(H2,7,8)(H,9,10);2*2,5H,1,4H2,(H,6,7)/t8-;2*4-;3*5-;3-;2*2-/m000000000/s1. The molecule has 0 heterocycles. The van der Waals surface area contributed by atoms with Gasteiger partial charge in [0.2, 0.25) is 5.91 Å². The summed E-state index contributed by atoms with van der Waals surface area (Å²) in [6.45, 7) is 1.64. The lowest BCUT2D eigenvalue weighted by atomic mass is 10.1. The number of carbonyl (C=O) groups is 10. The Labute approximate surface area is 525 Å². The van der Waals surface area contributed by atoms with Gasteiger partial charge in [0.25, 0.3) is 0 Å². The van der Waals surface area contributed by atoms with Gasteiger partial charge in [-0.3, -0.25) is 57.9 Å². The zero-order valence-electron chi connectivity index (χ0n) is 50.9. The Morgan fingerprint density at radius 3 is 0.758 bits per heavy atom. The molecule has 0 saturated carbocycles. The number of carboxylic acid groups (broad SMARTS) is 9. The van der Waals surface area contributed by atoms with Gasteiger partial charge in [-0.1, -0.05) is 31.4 Å². The average Bonchev–Trinajstić information content (AvgIpc) is 3.16. The van der Waals surface area contributed by atoms with Crippen molar-refractivity contribution in [2.45, 2.75) is 157 Å². The fourth-order valence-corrected chi connectivity index (χ4v) is 4.73. The third kappa shape index (κ3) is 81.7. The van der Waals surface area contributed by atoms with Gasteiger partial charge in [0.1, 0.15) is 60.1 Å². The van der Waals surface area contributed by atoms with Crippen LogP contribution in [0.15, 0.2) is 34.3 Å². The summed E-state index contributed by atoms with van der Waals surface area (Å²) in [5, 5.41) is 99.2. The zero-order chi connectivity index (χ0) is 72.8. The van der Waals surface area contributed by atoms with Crippen LogP contribution in [0.25, 0.3) is 0 Å². The molecule has 0 radical (unpaired) electrons. The summed E-state index contributed by atoms with van der Waals surface area (Å²) in [6, 6.07) is -1.59. The van der Waals surface area contributed by atoms with E-state index < -0.39 is 127 Å². The number of aliphatic imine (C=N–C) groups is 2. The fraction of sp³-hybridized carbons (Fsp3) is 0.640. The van der Waals surface area contributed by atoms with Gasteiger partial charge in [-0.2, -0.15) is 0 Å². The number of benzene rings is 1. The molecule has 1 aromatic rings. The van der Waals surface area contributed by atoms with Crippen LogP contribution in [0.5, 0.6) is 5.75 Å². The van der Waals surface area contributed by atoms with E-state index in [2.05, 4.69) is 9.98 Å². The van der Waals surface area contributed by atoms with Crippen molar-refractivity contribution in [1.29, 1.82) is 0 Å². The van der Waals surface area contributed by atoms with Gasteiger partial charge in [-0.25, -0.2) is 0 Å². The number of rotatable bonds is 36. The summed E-state index contributed by atoms with van der Waals surface area (Å²) >= 11 is 0. The van der Waals surface area contributed by atoms with Gasteiger partial charge < -0.3 is 159 Å². The van der Waals surface area contributed by atoms with E-state index in [0.29, 0.717) is 77.7 Å². The molecule has 0 unspecified atom stereocenters. The number of unbranched alkanes of at least 4 members (excludes halogenated alkanes) is 3. The van der Waals surface area contributed by atoms with Gasteiger partial charge in [0.15, 0.2) is 11.9 Å². The van der Waals surface area contributed by atoms with E-state index in [1.165, 1.54) is 12.1 Å². The van der Waals surface area contributed by atoms with Crippen molar-refractivity contribution in [3.05, 3.63) is 29.8 Å². The monoisotopic (exact) mass is 1320 g/mol. The first kappa shape index (κ1) is 98.9. The van der Waals surface area contributed by atoms with E-state index >= 15 is 0 Å². The number of nitrogens with zero attached hydrogens (tertiary/aromatic N) is 2. The fourth-order valence-electron chi connectivity index (χ4n) is 4.73. The molecule has 0 fully saturated rings. The zero-order valence-corrected chi connectivity index (χ0v) is 50.9. The Balaban J connectivity index is -0.000000143. The van der Waals surface area contributed by atoms with E-state index in [1.807, 2.05) is 0 Å². The molecule has 9 atom stereocenters. The van der Waals surface area contributed by atoms with Crippen LogP contribution in [0, 0.1) is 0 Å². The summed E-state index contributed by atoms with van der Waals surface area (Å²) in [5.41, 5.74) is 87.4. The predicted molar refractivity (Wildman–Crippen MR) is 333 cm³/mol. The third-order valence-electron chi connectivity index (χ3n) is 10.2. The highest BCUT2D eigenvalue weighted by atomic mass is 16.4. The van der Waals surface area contributed by atoms with E-state index in [0.717, 1.165) is 44.1 Å². The molecule has 0 bridgehead atoms. The molecule has 0 spiro atoms. The highest BCUT2D eigenvalue weighted by molar-refractivity contribution is 5.78. The highest BCUT2D eigenvalue weighted by Crippen LogP contribution is 2.11. The van der Waals surface area contributed by atoms with Crippen molar-refractivity contribution >= 4 is 71.6 Å². The number of carbonyl (C=O) groups excluding carboxylic acids is 1. The quantitative estimate of drug-likeness (QED) is 0.0169. The molecular formula is C50H105N19O22. The van der Waals surface area contributed by atoms with Gasteiger partial charge in [-0.15, -0.1) is 0 Å². The second-order valence-corrected chi connectivity index (χ2v) is 18.5. The number of aromatic hydroxyl groups is 1. The molecule has 0 aliphatic rings. The van der Waals surface area contributed by atoms with Crippen LogP contribution in [0.3, 0.4) is 0 Å². The molecular weight excluding hydrogens is 1220 g/mol. The van der Waals surface area contributed by atoms with Gasteiger partial charge in [0, 0.05) is 19.5 Å². The number of hydrogen-bond acceptors (Lipinski definition) is 27. The van der Waals surface area contributed by atoms with Crippen molar-refractivity contribution in [2.24, 2.45) is 107 Å². The molecule has 41 heteroatoms. The molecule has 0 aliphatic heterocycles. The molecule has 1 amide bonds. The van der Waals surface area contributed by atoms with Crippen molar-refractivity contribution < 1.29 is 109 Å². The number of phenols is 1. The van der Waals surface area contributed by atoms with E-state index in [9.17, 15) is 47.9 Å². The lowest BCUT2D eigenvalue weighted by molar-refractivity contribution is -0.140. The van der Waals surface area contributed by atoms with Crippen LogP contribution < -0.4 is 97.5 Å². The largest absolute Gasteiger partial charge is 0.508 e. The topological polar surface area (TPSA) is 881 Å². The first-order chi connectivity index (χ1) is 42.1. The van der Waals surface area contributed by atoms with Crippen LogP contribution in [-0.2, 0) is 54.4 Å². The maximum atomic E-state index is 10.4. The lowest BCUT2D eigenvalue weighted by Gasteiger charge is -2.05. The molecule has 1 aromatic carbocycles. The maximum Gasteiger partial charge on any atom is 0.322 e. The molecule has 1 rings (SSSR count). The second kappa shape index (κ2) is 66.1. The number of nitrogens with two attached hydrogens (primary N) is 17. The number of amides is 1. The average molecular weight is 1320 g/mol. The number of aliphatic hydroxyl groups is 2. The summed E-state index contributed by atoms with van der Waals surface area (Å²) in [7, 11) is 0. The Bertz CT molecular complexity index is 2050. The van der Waals surface area contributed by atoms with Crippen LogP contribution in [0.2, 0.25) is 0 Å². The minimum absolute atomic E-state index is 0.0129. The molecule has 91 heavy (non-hydrogen) atoms. The lowest BCUT2D eigenvalue weighted by Crippen LogP contribution is -2.33. The molecule has 0 aromatic heterocycles. The Morgan fingerprint density at radius 2 is 0.571 bits per heavy atom. The maximum absolute atomic E-state index is 10.4. The van der Waals surface area contributed by atoms with Gasteiger partial charge in [-0.05, 0) is 114 Å². The first-order valence-corrected chi connectivity index (χ1v) is 27.5. The predicted octanol–water partition coefficient (Wildman–Crippen LogP) is -8.72. The van der Waals surface area contributed by atoms with E-state index in [4.69, 9.17) is 159 Å². The van der Waals surface area contributed by atoms with Crippen molar-refractivity contribution in [1.82, 2.24) is 0 Å². The van der Waals surface area contributed by atoms with Crippen molar-refractivity contribution in [2.75, 3.05) is 45.9 Å². The number of primary amides is 1. The second-order valence-electron chi connectivity index (χ2n) is 18.5. The van der Waals surface area contributed by atoms with Crippen LogP contribution in [0.1, 0.15) is 102 Å². The molecule has 532 valence electrons. The first-order valence-electron chi connectivity index (χ1n) is 27.5. The van der Waals surface area contributed by atoms with Gasteiger partial charge >= 0.3 is 53.7 Å². The van der Waals surface area contributed by atoms with E-state index in [1.54, 1.807) is 12.1 Å². The van der Waals surface area contributed by atoms with Crippen LogP contribution >= 0.6 is 0 Å². The molecule has 0 saturated heterocycles. The third-order valence-corrected chi connectivity index (χ3v) is 10.2. The molecule has 0 aliphatic carbocycles. The SMILES string of the molecule is NC(=O)CC[C@H](N)C(=O)O.NC(N)=NCCC[C@H](N)C(=O)O.NC(N)=NCCC[C@H](N)C(=O)O.NCCCC[C@H](N)C(=O)O.NCCCC[C@H](N)C(=O)O.NCCCC[C@H](N)C(=O)O.N[C@@H](CO)C(=O)O.N[C@@H](CO)C(=O)O.N[C@@H](Cc1ccc(O)cc1)C(=O)O. The van der Waals surface area contributed by atoms with Crippen LogP contribution in [0.4, 0.5) is 0 Å². The minimum Gasteiger partial charge on any atom is -0.508 e. The Kier molecular flexibility index (Phi) is 71.9. The molecule has 46 N–H and O–H groups in total. The highest BCUT2D eigenvalue weighted by Gasteiger charge is 2.15. The van der Waals surface area contributed by atoms with Crippen molar-refractivity contribution in [3.63, 3.8) is 0 Å². The number of aliphatic carboxylic acids is 9. The number of aliphatic hydroxyl groups excluding tert-OH is 2. The number of carboxylic acids is 9. The Morgan fingerprint density at radius 1 is 0.341 bits per heavy atom.